The number of hydrogen-bond acceptors (Lipinski definition) is 3. The van der Waals surface area contributed by atoms with Crippen LogP contribution in [0.15, 0.2) is 0 Å². The zero-order chi connectivity index (χ0) is 12.0. The first-order valence-corrected chi connectivity index (χ1v) is 7.81. The summed E-state index contributed by atoms with van der Waals surface area (Å²) >= 11 is 2.11. The summed E-state index contributed by atoms with van der Waals surface area (Å²) in [5.74, 6) is 3.44. The number of likely N-dealkylation sites (N-methyl/N-ethyl adjacent to an activating group) is 1. The quantitative estimate of drug-likeness (QED) is 0.740. The van der Waals surface area contributed by atoms with E-state index in [0.717, 1.165) is 25.0 Å². The number of thioether (sulfide) groups is 1. The van der Waals surface area contributed by atoms with E-state index in [1.165, 1.54) is 24.3 Å². The number of hydrogen-bond donors (Lipinski definition) is 1. The van der Waals surface area contributed by atoms with Crippen LogP contribution in [0.25, 0.3) is 0 Å². The van der Waals surface area contributed by atoms with E-state index in [1.54, 1.807) is 0 Å². The molecule has 0 aromatic carbocycles. The largest absolute Gasteiger partial charge is 0.315 e. The molecule has 1 saturated heterocycles. The molecule has 0 aliphatic carbocycles. The second kappa shape index (κ2) is 7.57. The summed E-state index contributed by atoms with van der Waals surface area (Å²) < 4.78 is 0. The molecule has 1 aliphatic rings. The molecule has 96 valence electrons. The Balaban J connectivity index is 2.28. The van der Waals surface area contributed by atoms with Crippen molar-refractivity contribution in [1.29, 1.82) is 0 Å². The molecule has 16 heavy (non-hydrogen) atoms. The lowest BCUT2D eigenvalue weighted by Gasteiger charge is -2.32. The minimum atomic E-state index is 0.711. The molecular weight excluding hydrogens is 216 g/mol. The molecule has 0 bridgehead atoms. The first kappa shape index (κ1) is 14.3. The van der Waals surface area contributed by atoms with Crippen molar-refractivity contribution in [3.63, 3.8) is 0 Å². The van der Waals surface area contributed by atoms with E-state index < -0.39 is 0 Å². The third-order valence-electron chi connectivity index (χ3n) is 3.46. The van der Waals surface area contributed by atoms with Gasteiger partial charge in [0.15, 0.2) is 0 Å². The van der Waals surface area contributed by atoms with Crippen molar-refractivity contribution in [2.75, 3.05) is 31.6 Å². The average Bonchev–Trinajstić information content (AvgIpc) is 2.76. The van der Waals surface area contributed by atoms with Gasteiger partial charge in [-0.05, 0) is 38.1 Å². The monoisotopic (exact) mass is 244 g/mol. The van der Waals surface area contributed by atoms with Crippen LogP contribution in [0.1, 0.15) is 33.6 Å². The fourth-order valence-electron chi connectivity index (χ4n) is 2.26. The fraction of sp³-hybridized carbons (Fsp3) is 1.00. The van der Waals surface area contributed by atoms with Crippen LogP contribution in [0.4, 0.5) is 0 Å². The number of rotatable bonds is 7. The smallest absolute Gasteiger partial charge is 0.0218 e. The molecule has 1 aliphatic heterocycles. The van der Waals surface area contributed by atoms with E-state index in [2.05, 4.69) is 49.8 Å². The fourth-order valence-corrected chi connectivity index (χ4v) is 3.54. The summed E-state index contributed by atoms with van der Waals surface area (Å²) in [4.78, 5) is 2.60. The lowest BCUT2D eigenvalue weighted by atomic mass is 10.1. The maximum Gasteiger partial charge on any atom is 0.0218 e. The summed E-state index contributed by atoms with van der Waals surface area (Å²) in [7, 11) is 2.31. The highest BCUT2D eigenvalue weighted by Crippen LogP contribution is 2.23. The Hall–Kier alpha value is 0.270. The van der Waals surface area contributed by atoms with Crippen molar-refractivity contribution in [2.24, 2.45) is 5.92 Å². The third kappa shape index (κ3) is 4.64. The van der Waals surface area contributed by atoms with Gasteiger partial charge in [0, 0.05) is 24.4 Å². The molecule has 0 radical (unpaired) electrons. The molecule has 1 fully saturated rings. The van der Waals surface area contributed by atoms with Crippen molar-refractivity contribution >= 4 is 11.8 Å². The molecule has 2 unspecified atom stereocenters. The minimum Gasteiger partial charge on any atom is -0.315 e. The molecule has 0 aromatic rings. The lowest BCUT2D eigenvalue weighted by Crippen LogP contribution is -2.45. The van der Waals surface area contributed by atoms with Crippen LogP contribution in [0.2, 0.25) is 0 Å². The van der Waals surface area contributed by atoms with Gasteiger partial charge in [-0.15, -0.1) is 0 Å². The zero-order valence-corrected chi connectivity index (χ0v) is 12.1. The Kier molecular flexibility index (Phi) is 6.78. The molecule has 2 atom stereocenters. The van der Waals surface area contributed by atoms with Crippen molar-refractivity contribution in [3.8, 4) is 0 Å². The van der Waals surface area contributed by atoms with E-state index in [1.807, 2.05) is 0 Å². The Morgan fingerprint density at radius 3 is 2.62 bits per heavy atom. The highest BCUT2D eigenvalue weighted by Gasteiger charge is 2.24. The molecule has 0 spiro atoms. The summed E-state index contributed by atoms with van der Waals surface area (Å²) in [6.45, 7) is 9.13. The highest BCUT2D eigenvalue weighted by atomic mass is 32.2. The molecular formula is C13H28N2S. The Labute approximate surface area is 106 Å². The van der Waals surface area contributed by atoms with Crippen LogP contribution in [-0.4, -0.2) is 48.6 Å². The Morgan fingerprint density at radius 2 is 2.12 bits per heavy atom. The topological polar surface area (TPSA) is 15.3 Å². The maximum atomic E-state index is 3.59. The first-order valence-electron chi connectivity index (χ1n) is 6.65. The Morgan fingerprint density at radius 1 is 1.38 bits per heavy atom. The van der Waals surface area contributed by atoms with Crippen LogP contribution < -0.4 is 5.32 Å². The van der Waals surface area contributed by atoms with Gasteiger partial charge >= 0.3 is 0 Å². The Bertz CT molecular complexity index is 179. The van der Waals surface area contributed by atoms with Crippen LogP contribution in [0, 0.1) is 5.92 Å². The molecule has 0 aromatic heterocycles. The van der Waals surface area contributed by atoms with Gasteiger partial charge in [0.1, 0.15) is 0 Å². The van der Waals surface area contributed by atoms with Gasteiger partial charge in [0.05, 0.1) is 0 Å². The second-order valence-electron chi connectivity index (χ2n) is 5.30. The standard InChI is InChI=1S/C13H28N2S/c1-5-12(9-14-8-11(2)3)15(4)13-6-7-16-10-13/h11-14H,5-10H2,1-4H3. The van der Waals surface area contributed by atoms with Gasteiger partial charge in [-0.2, -0.15) is 11.8 Å². The van der Waals surface area contributed by atoms with Gasteiger partial charge in [-0.25, -0.2) is 0 Å². The van der Waals surface area contributed by atoms with E-state index in [9.17, 15) is 0 Å². The summed E-state index contributed by atoms with van der Waals surface area (Å²) in [6.07, 6.45) is 2.63. The molecule has 0 saturated carbocycles. The molecule has 2 nitrogen and oxygen atoms in total. The van der Waals surface area contributed by atoms with Gasteiger partial charge < -0.3 is 5.32 Å². The van der Waals surface area contributed by atoms with Crippen molar-refractivity contribution in [3.05, 3.63) is 0 Å². The molecule has 1 N–H and O–H groups in total. The lowest BCUT2D eigenvalue weighted by molar-refractivity contribution is 0.177. The molecule has 1 rings (SSSR count). The summed E-state index contributed by atoms with van der Waals surface area (Å²) in [6, 6.07) is 1.53. The van der Waals surface area contributed by atoms with E-state index >= 15 is 0 Å². The van der Waals surface area contributed by atoms with Crippen LogP contribution in [0.3, 0.4) is 0 Å². The van der Waals surface area contributed by atoms with Crippen molar-refractivity contribution in [1.82, 2.24) is 10.2 Å². The number of nitrogens with one attached hydrogen (secondary N) is 1. The van der Waals surface area contributed by atoms with Gasteiger partial charge in [-0.1, -0.05) is 20.8 Å². The summed E-state index contributed by atoms with van der Waals surface area (Å²) in [5.41, 5.74) is 0. The van der Waals surface area contributed by atoms with Crippen LogP contribution >= 0.6 is 11.8 Å². The van der Waals surface area contributed by atoms with E-state index in [4.69, 9.17) is 0 Å². The first-order chi connectivity index (χ1) is 7.65. The predicted molar refractivity (Wildman–Crippen MR) is 75.3 cm³/mol. The van der Waals surface area contributed by atoms with Gasteiger partial charge in [0.2, 0.25) is 0 Å². The summed E-state index contributed by atoms with van der Waals surface area (Å²) in [5, 5.41) is 3.59. The SMILES string of the molecule is CCC(CNCC(C)C)N(C)C1CCSC1. The van der Waals surface area contributed by atoms with Gasteiger partial charge in [-0.3, -0.25) is 4.90 Å². The molecule has 0 amide bonds. The van der Waals surface area contributed by atoms with Crippen LogP contribution in [-0.2, 0) is 0 Å². The predicted octanol–water partition coefficient (Wildman–Crippen LogP) is 2.45. The molecule has 3 heteroatoms. The van der Waals surface area contributed by atoms with Crippen LogP contribution in [0.5, 0.6) is 0 Å². The zero-order valence-electron chi connectivity index (χ0n) is 11.3. The van der Waals surface area contributed by atoms with Gasteiger partial charge in [0.25, 0.3) is 0 Å². The van der Waals surface area contributed by atoms with Crippen molar-refractivity contribution in [2.45, 2.75) is 45.7 Å². The van der Waals surface area contributed by atoms with Crippen molar-refractivity contribution < 1.29 is 0 Å². The third-order valence-corrected chi connectivity index (χ3v) is 4.61. The number of nitrogens with zero attached hydrogens (tertiary/aromatic N) is 1. The molecule has 1 heterocycles. The van der Waals surface area contributed by atoms with E-state index in [-0.39, 0.29) is 0 Å². The maximum absolute atomic E-state index is 3.59. The minimum absolute atomic E-state index is 0.711. The van der Waals surface area contributed by atoms with E-state index in [0.29, 0.717) is 6.04 Å². The normalized spacial score (nSPS) is 23.2. The second-order valence-corrected chi connectivity index (χ2v) is 6.45. The average molecular weight is 244 g/mol. The highest BCUT2D eigenvalue weighted by molar-refractivity contribution is 7.99.